The molecule has 3 aromatic rings. The molecule has 4 rings (SSSR count). The molecule has 1 aromatic heterocycles. The number of benzene rings is 2. The van der Waals surface area contributed by atoms with Crippen molar-refractivity contribution >= 4 is 17.0 Å². The second kappa shape index (κ2) is 7.16. The Morgan fingerprint density at radius 3 is 2.33 bits per heavy atom. The van der Waals surface area contributed by atoms with Gasteiger partial charge < -0.3 is 9.32 Å². The van der Waals surface area contributed by atoms with Gasteiger partial charge >= 0.3 is 0 Å². The molecular formula is C22H25N3O2. The Labute approximate surface area is 159 Å². The number of piperazine rings is 1. The average molecular weight is 363 g/mol. The first-order valence-corrected chi connectivity index (χ1v) is 9.52. The van der Waals surface area contributed by atoms with Crippen molar-refractivity contribution < 1.29 is 9.21 Å². The number of nitrogens with zero attached hydrogens (tertiary/aromatic N) is 3. The molecule has 5 nitrogen and oxygen atoms in total. The van der Waals surface area contributed by atoms with Gasteiger partial charge in [-0.1, -0.05) is 18.2 Å². The van der Waals surface area contributed by atoms with Crippen molar-refractivity contribution in [2.24, 2.45) is 0 Å². The third-order valence-corrected chi connectivity index (χ3v) is 5.29. The minimum absolute atomic E-state index is 0.118. The Kier molecular flexibility index (Phi) is 4.70. The van der Waals surface area contributed by atoms with E-state index in [4.69, 9.17) is 4.42 Å². The number of hydrogen-bond acceptors (Lipinski definition) is 4. The van der Waals surface area contributed by atoms with Crippen molar-refractivity contribution in [1.82, 2.24) is 14.8 Å². The lowest BCUT2D eigenvalue weighted by Gasteiger charge is -2.37. The molecule has 0 aliphatic carbocycles. The maximum absolute atomic E-state index is 12.8. The lowest BCUT2D eigenvalue weighted by molar-refractivity contribution is 0.0595. The summed E-state index contributed by atoms with van der Waals surface area (Å²) in [6, 6.07) is 14.4. The summed E-state index contributed by atoms with van der Waals surface area (Å²) in [6.07, 6.45) is 0. The number of aryl methyl sites for hydroxylation is 1. The molecule has 5 heteroatoms. The van der Waals surface area contributed by atoms with E-state index in [0.29, 0.717) is 11.9 Å². The van der Waals surface area contributed by atoms with Gasteiger partial charge in [0.1, 0.15) is 5.52 Å². The van der Waals surface area contributed by atoms with Gasteiger partial charge in [0, 0.05) is 44.7 Å². The predicted molar refractivity (Wildman–Crippen MR) is 107 cm³/mol. The summed E-state index contributed by atoms with van der Waals surface area (Å²) >= 11 is 0. The second-order valence-corrected chi connectivity index (χ2v) is 7.41. The van der Waals surface area contributed by atoms with Crippen molar-refractivity contribution in [3.8, 4) is 11.1 Å². The molecule has 140 valence electrons. The van der Waals surface area contributed by atoms with Gasteiger partial charge in [0.2, 0.25) is 0 Å². The van der Waals surface area contributed by atoms with Crippen LogP contribution in [-0.4, -0.2) is 52.9 Å². The first kappa shape index (κ1) is 17.7. The molecule has 1 fully saturated rings. The smallest absolute Gasteiger partial charge is 0.253 e. The van der Waals surface area contributed by atoms with Crippen molar-refractivity contribution in [3.63, 3.8) is 0 Å². The highest BCUT2D eigenvalue weighted by Gasteiger charge is 2.23. The topological polar surface area (TPSA) is 49.6 Å². The minimum Gasteiger partial charge on any atom is -0.441 e. The van der Waals surface area contributed by atoms with Crippen LogP contribution in [0.4, 0.5) is 0 Å². The van der Waals surface area contributed by atoms with Crippen LogP contribution in [0.5, 0.6) is 0 Å². The van der Waals surface area contributed by atoms with E-state index >= 15 is 0 Å². The second-order valence-electron chi connectivity index (χ2n) is 7.41. The van der Waals surface area contributed by atoms with Crippen LogP contribution in [0.3, 0.4) is 0 Å². The first-order chi connectivity index (χ1) is 13.0. The lowest BCUT2D eigenvalue weighted by atomic mass is 10.0. The number of carbonyl (C=O) groups excluding carboxylic acids is 1. The molecule has 1 saturated heterocycles. The summed E-state index contributed by atoms with van der Waals surface area (Å²) in [6.45, 7) is 9.72. The summed E-state index contributed by atoms with van der Waals surface area (Å²) in [5.74, 6) is 0.785. The zero-order valence-corrected chi connectivity index (χ0v) is 16.1. The molecule has 0 N–H and O–H groups in total. The number of oxazole rings is 1. The molecular weight excluding hydrogens is 338 g/mol. The van der Waals surface area contributed by atoms with E-state index < -0.39 is 0 Å². The SMILES string of the molecule is Cc1nc2cc(-c3ccc(C(=O)N4CCN(C(C)C)CC4)cc3)ccc2o1. The van der Waals surface area contributed by atoms with E-state index in [-0.39, 0.29) is 5.91 Å². The zero-order chi connectivity index (χ0) is 19.0. The monoisotopic (exact) mass is 363 g/mol. The van der Waals surface area contributed by atoms with Gasteiger partial charge in [-0.25, -0.2) is 4.98 Å². The molecule has 0 radical (unpaired) electrons. The maximum Gasteiger partial charge on any atom is 0.253 e. The van der Waals surface area contributed by atoms with Gasteiger partial charge in [-0.15, -0.1) is 0 Å². The van der Waals surface area contributed by atoms with Crippen LogP contribution in [0.15, 0.2) is 46.9 Å². The Bertz CT molecular complexity index is 951. The third-order valence-electron chi connectivity index (χ3n) is 5.29. The van der Waals surface area contributed by atoms with Crippen LogP contribution < -0.4 is 0 Å². The molecule has 0 spiro atoms. The number of aromatic nitrogens is 1. The van der Waals surface area contributed by atoms with E-state index in [9.17, 15) is 4.79 Å². The molecule has 1 aliphatic rings. The largest absolute Gasteiger partial charge is 0.441 e. The van der Waals surface area contributed by atoms with E-state index in [0.717, 1.165) is 54.0 Å². The van der Waals surface area contributed by atoms with E-state index in [2.05, 4.69) is 23.7 Å². The Hall–Kier alpha value is -2.66. The first-order valence-electron chi connectivity index (χ1n) is 9.52. The van der Waals surface area contributed by atoms with Crippen LogP contribution in [0, 0.1) is 6.92 Å². The molecule has 0 atom stereocenters. The molecule has 0 unspecified atom stereocenters. The molecule has 27 heavy (non-hydrogen) atoms. The Morgan fingerprint density at radius 2 is 1.67 bits per heavy atom. The summed E-state index contributed by atoms with van der Waals surface area (Å²) in [5.41, 5.74) is 4.53. The highest BCUT2D eigenvalue weighted by molar-refractivity contribution is 5.95. The highest BCUT2D eigenvalue weighted by atomic mass is 16.3. The minimum atomic E-state index is 0.118. The number of carbonyl (C=O) groups is 1. The maximum atomic E-state index is 12.8. The molecule has 0 saturated carbocycles. The Morgan fingerprint density at radius 1 is 1.00 bits per heavy atom. The van der Waals surface area contributed by atoms with Crippen molar-refractivity contribution in [1.29, 1.82) is 0 Å². The van der Waals surface area contributed by atoms with Crippen LogP contribution in [0.2, 0.25) is 0 Å². The van der Waals surface area contributed by atoms with Crippen LogP contribution >= 0.6 is 0 Å². The van der Waals surface area contributed by atoms with Gasteiger partial charge in [0.15, 0.2) is 11.5 Å². The van der Waals surface area contributed by atoms with Crippen LogP contribution in [0.1, 0.15) is 30.1 Å². The third kappa shape index (κ3) is 3.60. The highest BCUT2D eigenvalue weighted by Crippen LogP contribution is 2.25. The molecule has 0 bridgehead atoms. The fraction of sp³-hybridized carbons (Fsp3) is 0.364. The average Bonchev–Trinajstić information content (AvgIpc) is 3.07. The number of amides is 1. The number of hydrogen-bond donors (Lipinski definition) is 0. The van der Waals surface area contributed by atoms with Gasteiger partial charge in [0.05, 0.1) is 0 Å². The summed E-state index contributed by atoms with van der Waals surface area (Å²) < 4.78 is 5.53. The molecule has 2 aromatic carbocycles. The fourth-order valence-corrected chi connectivity index (χ4v) is 3.65. The van der Waals surface area contributed by atoms with Gasteiger partial charge in [-0.3, -0.25) is 9.69 Å². The molecule has 1 aliphatic heterocycles. The van der Waals surface area contributed by atoms with Crippen LogP contribution in [0.25, 0.3) is 22.2 Å². The van der Waals surface area contributed by atoms with E-state index in [1.54, 1.807) is 0 Å². The summed E-state index contributed by atoms with van der Waals surface area (Å²) in [7, 11) is 0. The van der Waals surface area contributed by atoms with Crippen molar-refractivity contribution in [2.75, 3.05) is 26.2 Å². The number of rotatable bonds is 3. The van der Waals surface area contributed by atoms with Gasteiger partial charge in [-0.2, -0.15) is 0 Å². The molecule has 1 amide bonds. The van der Waals surface area contributed by atoms with Crippen molar-refractivity contribution in [3.05, 3.63) is 53.9 Å². The number of fused-ring (bicyclic) bond motifs is 1. The zero-order valence-electron chi connectivity index (χ0n) is 16.1. The normalized spacial score (nSPS) is 15.6. The summed E-state index contributed by atoms with van der Waals surface area (Å²) in [5, 5.41) is 0. The predicted octanol–water partition coefficient (Wildman–Crippen LogP) is 3.97. The van der Waals surface area contributed by atoms with E-state index in [1.807, 2.05) is 54.3 Å². The lowest BCUT2D eigenvalue weighted by Crippen LogP contribution is -2.50. The van der Waals surface area contributed by atoms with Crippen molar-refractivity contribution in [2.45, 2.75) is 26.8 Å². The van der Waals surface area contributed by atoms with E-state index in [1.165, 1.54) is 0 Å². The quantitative estimate of drug-likeness (QED) is 0.706. The van der Waals surface area contributed by atoms with Gasteiger partial charge in [0.25, 0.3) is 5.91 Å². The van der Waals surface area contributed by atoms with Crippen LogP contribution in [-0.2, 0) is 0 Å². The standard InChI is InChI=1S/C22H25N3O2/c1-15(2)24-10-12-25(13-11-24)22(26)18-6-4-17(5-7-18)19-8-9-21-20(14-19)23-16(3)27-21/h4-9,14-15H,10-13H2,1-3H3. The Balaban J connectivity index is 1.49. The van der Waals surface area contributed by atoms with Gasteiger partial charge in [-0.05, 0) is 49.2 Å². The molecule has 2 heterocycles. The summed E-state index contributed by atoms with van der Waals surface area (Å²) in [4.78, 5) is 21.5. The fourth-order valence-electron chi connectivity index (χ4n) is 3.65.